The van der Waals surface area contributed by atoms with Crippen molar-refractivity contribution in [2.45, 2.75) is 0 Å². The fourth-order valence-electron chi connectivity index (χ4n) is 2.09. The molecule has 22 heavy (non-hydrogen) atoms. The molecular weight excluding hydrogens is 343 g/mol. The van der Waals surface area contributed by atoms with Gasteiger partial charge in [0.2, 0.25) is 0 Å². The molecular formula is C14H19Cl2N4OS+. The Hall–Kier alpha value is -0.920. The molecule has 1 aliphatic heterocycles. The van der Waals surface area contributed by atoms with E-state index in [9.17, 15) is 0 Å². The largest absolute Gasteiger partial charge is 0.370 e. The molecule has 1 aromatic carbocycles. The zero-order valence-corrected chi connectivity index (χ0v) is 14.4. The maximum absolute atomic E-state index is 6.05. The second-order valence-corrected chi connectivity index (χ2v) is 6.10. The van der Waals surface area contributed by atoms with Gasteiger partial charge in [-0.2, -0.15) is 5.10 Å². The molecule has 0 spiro atoms. The van der Waals surface area contributed by atoms with Crippen molar-refractivity contribution in [2.24, 2.45) is 5.10 Å². The van der Waals surface area contributed by atoms with E-state index in [1.807, 2.05) is 0 Å². The van der Waals surface area contributed by atoms with Crippen LogP contribution in [0.1, 0.15) is 5.56 Å². The Morgan fingerprint density at radius 3 is 2.68 bits per heavy atom. The van der Waals surface area contributed by atoms with Gasteiger partial charge < -0.3 is 15.0 Å². The molecule has 1 aliphatic rings. The minimum atomic E-state index is 0.479. The number of benzene rings is 1. The molecule has 0 bridgehead atoms. The predicted octanol–water partition coefficient (Wildman–Crippen LogP) is 0.707. The number of rotatable bonds is 5. The lowest BCUT2D eigenvalue weighted by atomic mass is 10.2. The van der Waals surface area contributed by atoms with Gasteiger partial charge in [0.05, 0.1) is 42.6 Å². The van der Waals surface area contributed by atoms with E-state index in [0.29, 0.717) is 20.7 Å². The molecule has 1 aromatic rings. The number of nitrogens with one attached hydrogen (secondary N) is 3. The third-order valence-electron chi connectivity index (χ3n) is 3.32. The maximum atomic E-state index is 6.05. The van der Waals surface area contributed by atoms with Crippen molar-refractivity contribution in [3.63, 3.8) is 0 Å². The Labute approximate surface area is 145 Å². The summed E-state index contributed by atoms with van der Waals surface area (Å²) in [7, 11) is 0. The van der Waals surface area contributed by atoms with Gasteiger partial charge in [-0.25, -0.2) is 0 Å². The SMILES string of the molecule is S=C(NCC[NH+]1CCOCC1)N/N=C\c1c(Cl)cccc1Cl. The lowest BCUT2D eigenvalue weighted by Crippen LogP contribution is -3.14. The zero-order chi connectivity index (χ0) is 15.8. The highest BCUT2D eigenvalue weighted by Gasteiger charge is 2.12. The smallest absolute Gasteiger partial charge is 0.187 e. The van der Waals surface area contributed by atoms with Crippen LogP contribution in [0.4, 0.5) is 0 Å². The second kappa shape index (κ2) is 9.27. The number of halogens is 2. The monoisotopic (exact) mass is 361 g/mol. The first-order valence-corrected chi connectivity index (χ1v) is 8.25. The summed E-state index contributed by atoms with van der Waals surface area (Å²) in [5.41, 5.74) is 3.43. The van der Waals surface area contributed by atoms with Crippen LogP contribution in [0.5, 0.6) is 0 Å². The molecule has 1 saturated heterocycles. The highest BCUT2D eigenvalue weighted by atomic mass is 35.5. The third kappa shape index (κ3) is 5.70. The molecule has 0 unspecified atom stereocenters. The number of ether oxygens (including phenoxy) is 1. The summed E-state index contributed by atoms with van der Waals surface area (Å²) < 4.78 is 5.32. The summed E-state index contributed by atoms with van der Waals surface area (Å²) in [5, 5.41) is 8.76. The summed E-state index contributed by atoms with van der Waals surface area (Å²) in [5.74, 6) is 0. The highest BCUT2D eigenvalue weighted by molar-refractivity contribution is 7.80. The van der Waals surface area contributed by atoms with Gasteiger partial charge in [-0.3, -0.25) is 5.43 Å². The minimum Gasteiger partial charge on any atom is -0.370 e. The predicted molar refractivity (Wildman–Crippen MR) is 94.2 cm³/mol. The number of hydrazone groups is 1. The van der Waals surface area contributed by atoms with E-state index in [1.54, 1.807) is 24.4 Å². The van der Waals surface area contributed by atoms with Crippen LogP contribution in [0.2, 0.25) is 10.0 Å². The van der Waals surface area contributed by atoms with E-state index < -0.39 is 0 Å². The summed E-state index contributed by atoms with van der Waals surface area (Å²) in [4.78, 5) is 1.52. The van der Waals surface area contributed by atoms with E-state index in [-0.39, 0.29) is 0 Å². The molecule has 5 nitrogen and oxygen atoms in total. The molecule has 3 N–H and O–H groups in total. The normalized spacial score (nSPS) is 15.9. The number of hydrogen-bond donors (Lipinski definition) is 3. The van der Waals surface area contributed by atoms with Crippen LogP contribution >= 0.6 is 35.4 Å². The second-order valence-electron chi connectivity index (χ2n) is 4.87. The van der Waals surface area contributed by atoms with Crippen molar-refractivity contribution in [1.29, 1.82) is 0 Å². The molecule has 0 aliphatic carbocycles. The third-order valence-corrected chi connectivity index (χ3v) is 4.22. The number of thiocarbonyl (C=S) groups is 1. The Kier molecular flexibility index (Phi) is 7.35. The molecule has 8 heteroatoms. The van der Waals surface area contributed by atoms with Gasteiger partial charge in [-0.1, -0.05) is 29.3 Å². The summed E-state index contributed by atoms with van der Waals surface area (Å²) in [6.45, 7) is 5.56. The van der Waals surface area contributed by atoms with Crippen LogP contribution in [-0.2, 0) is 4.74 Å². The number of nitrogens with zero attached hydrogens (tertiary/aromatic N) is 1. The van der Waals surface area contributed by atoms with Gasteiger partial charge in [0.1, 0.15) is 13.1 Å². The Balaban J connectivity index is 1.70. The van der Waals surface area contributed by atoms with Gasteiger partial charge in [0, 0.05) is 5.56 Å². The van der Waals surface area contributed by atoms with Crippen LogP contribution in [0.3, 0.4) is 0 Å². The van der Waals surface area contributed by atoms with Crippen molar-refractivity contribution < 1.29 is 9.64 Å². The van der Waals surface area contributed by atoms with Crippen molar-refractivity contribution in [3.8, 4) is 0 Å². The quantitative estimate of drug-likeness (QED) is 0.410. The van der Waals surface area contributed by atoms with Crippen molar-refractivity contribution in [2.75, 3.05) is 39.4 Å². The van der Waals surface area contributed by atoms with Crippen molar-refractivity contribution >= 4 is 46.7 Å². The number of morpholine rings is 1. The molecule has 0 saturated carbocycles. The fraction of sp³-hybridized carbons (Fsp3) is 0.429. The Bertz CT molecular complexity index is 515. The number of hydrogen-bond acceptors (Lipinski definition) is 3. The van der Waals surface area contributed by atoms with Crippen molar-refractivity contribution in [3.05, 3.63) is 33.8 Å². The van der Waals surface area contributed by atoms with Gasteiger partial charge in [0.15, 0.2) is 5.11 Å². The lowest BCUT2D eigenvalue weighted by Gasteiger charge is -2.23. The van der Waals surface area contributed by atoms with Crippen LogP contribution < -0.4 is 15.6 Å². The highest BCUT2D eigenvalue weighted by Crippen LogP contribution is 2.21. The van der Waals surface area contributed by atoms with E-state index in [2.05, 4.69) is 15.8 Å². The average Bonchev–Trinajstić information content (AvgIpc) is 2.51. The first-order chi connectivity index (χ1) is 10.7. The fourth-order valence-corrected chi connectivity index (χ4v) is 2.74. The maximum Gasteiger partial charge on any atom is 0.187 e. The summed E-state index contributed by atoms with van der Waals surface area (Å²) in [6, 6.07) is 5.31. The molecule has 0 radical (unpaired) electrons. The molecule has 1 heterocycles. The van der Waals surface area contributed by atoms with Crippen LogP contribution in [-0.4, -0.2) is 50.7 Å². The van der Waals surface area contributed by atoms with E-state index >= 15 is 0 Å². The minimum absolute atomic E-state index is 0.479. The van der Waals surface area contributed by atoms with Crippen LogP contribution in [0, 0.1) is 0 Å². The van der Waals surface area contributed by atoms with Crippen LogP contribution in [0.25, 0.3) is 0 Å². The molecule has 120 valence electrons. The standard InChI is InChI=1S/C14H18Cl2N4OS/c15-12-2-1-3-13(16)11(12)10-18-19-14(22)17-4-5-20-6-8-21-9-7-20/h1-3,10H,4-9H2,(H2,17,19,22)/p+1/b18-10-. The molecule has 1 fully saturated rings. The lowest BCUT2D eigenvalue weighted by molar-refractivity contribution is -0.906. The van der Waals surface area contributed by atoms with Gasteiger partial charge in [0.25, 0.3) is 0 Å². The van der Waals surface area contributed by atoms with Crippen molar-refractivity contribution in [1.82, 2.24) is 10.7 Å². The number of quaternary nitrogens is 1. The van der Waals surface area contributed by atoms with Gasteiger partial charge in [-0.05, 0) is 24.4 Å². The van der Waals surface area contributed by atoms with E-state index in [1.165, 1.54) is 4.90 Å². The average molecular weight is 362 g/mol. The Morgan fingerprint density at radius 2 is 2.00 bits per heavy atom. The molecule has 0 atom stereocenters. The first kappa shape index (κ1) is 17.4. The van der Waals surface area contributed by atoms with E-state index in [0.717, 1.165) is 39.4 Å². The zero-order valence-electron chi connectivity index (χ0n) is 12.1. The van der Waals surface area contributed by atoms with E-state index in [4.69, 9.17) is 40.2 Å². The van der Waals surface area contributed by atoms with Gasteiger partial charge >= 0.3 is 0 Å². The summed E-state index contributed by atoms with van der Waals surface area (Å²) in [6.07, 6.45) is 1.56. The summed E-state index contributed by atoms with van der Waals surface area (Å²) >= 11 is 17.3. The molecule has 0 aromatic heterocycles. The first-order valence-electron chi connectivity index (χ1n) is 7.09. The Morgan fingerprint density at radius 1 is 1.32 bits per heavy atom. The topological polar surface area (TPSA) is 50.1 Å². The molecule has 0 amide bonds. The molecule has 2 rings (SSSR count). The van der Waals surface area contributed by atoms with Crippen LogP contribution in [0.15, 0.2) is 23.3 Å². The van der Waals surface area contributed by atoms with Gasteiger partial charge in [-0.15, -0.1) is 0 Å².